The van der Waals surface area contributed by atoms with E-state index in [1.807, 2.05) is 12.1 Å². The number of esters is 1. The minimum absolute atomic E-state index is 0.321. The number of rotatable bonds is 4. The highest BCUT2D eigenvalue weighted by molar-refractivity contribution is 5.96. The Morgan fingerprint density at radius 1 is 1.45 bits per heavy atom. The molecule has 20 heavy (non-hydrogen) atoms. The van der Waals surface area contributed by atoms with Gasteiger partial charge in [0.15, 0.2) is 0 Å². The van der Waals surface area contributed by atoms with E-state index in [1.54, 1.807) is 20.0 Å². The fourth-order valence-corrected chi connectivity index (χ4v) is 2.18. The van der Waals surface area contributed by atoms with E-state index >= 15 is 0 Å². The molecule has 0 atom stereocenters. The number of aryl methyl sites for hydroxylation is 1. The number of aromatic nitrogens is 2. The maximum Gasteiger partial charge on any atom is 0.344 e. The average molecular weight is 272 g/mol. The molecule has 0 aromatic carbocycles. The van der Waals surface area contributed by atoms with Gasteiger partial charge in [0, 0.05) is 23.4 Å². The molecule has 0 bridgehead atoms. The molecule has 0 spiro atoms. The zero-order chi connectivity index (χ0) is 14.1. The Morgan fingerprint density at radius 3 is 2.85 bits per heavy atom. The first-order valence-corrected chi connectivity index (χ1v) is 6.80. The summed E-state index contributed by atoms with van der Waals surface area (Å²) in [6.45, 7) is 3.79. The van der Waals surface area contributed by atoms with Gasteiger partial charge in [-0.2, -0.15) is 0 Å². The van der Waals surface area contributed by atoms with Gasteiger partial charge < -0.3 is 9.26 Å². The normalized spacial score (nSPS) is 14.3. The molecule has 0 saturated heterocycles. The Bertz CT molecular complexity index is 627. The Kier molecular flexibility index (Phi) is 3.26. The van der Waals surface area contributed by atoms with E-state index in [4.69, 9.17) is 9.26 Å². The van der Waals surface area contributed by atoms with Crippen molar-refractivity contribution in [1.82, 2.24) is 10.1 Å². The SMILES string of the molecule is CCOC(=O)c1c(-c2ccc(C3CC3)nc2)noc1C. The number of hydrogen-bond acceptors (Lipinski definition) is 5. The average Bonchev–Trinajstić information content (AvgIpc) is 3.22. The fourth-order valence-electron chi connectivity index (χ4n) is 2.18. The van der Waals surface area contributed by atoms with Crippen molar-refractivity contribution in [2.45, 2.75) is 32.6 Å². The van der Waals surface area contributed by atoms with Crippen LogP contribution in [0.15, 0.2) is 22.9 Å². The van der Waals surface area contributed by atoms with Crippen LogP contribution >= 0.6 is 0 Å². The molecular weight excluding hydrogens is 256 g/mol. The number of carbonyl (C=O) groups is 1. The van der Waals surface area contributed by atoms with E-state index in [0.29, 0.717) is 29.5 Å². The lowest BCUT2D eigenvalue weighted by atomic mass is 10.1. The monoisotopic (exact) mass is 272 g/mol. The molecule has 0 radical (unpaired) electrons. The van der Waals surface area contributed by atoms with E-state index in [2.05, 4.69) is 10.1 Å². The summed E-state index contributed by atoms with van der Waals surface area (Å²) in [6, 6.07) is 3.92. The molecule has 0 N–H and O–H groups in total. The van der Waals surface area contributed by atoms with Gasteiger partial charge in [-0.15, -0.1) is 0 Å². The van der Waals surface area contributed by atoms with Crippen molar-refractivity contribution in [2.75, 3.05) is 6.61 Å². The molecule has 1 aliphatic carbocycles. The molecule has 1 fully saturated rings. The summed E-state index contributed by atoms with van der Waals surface area (Å²) in [4.78, 5) is 16.4. The van der Waals surface area contributed by atoms with Crippen LogP contribution in [0.4, 0.5) is 0 Å². The highest BCUT2D eigenvalue weighted by Gasteiger charge is 2.26. The zero-order valence-electron chi connectivity index (χ0n) is 11.5. The first-order chi connectivity index (χ1) is 9.70. The molecular formula is C15H16N2O3. The predicted molar refractivity (Wildman–Crippen MR) is 72.4 cm³/mol. The number of pyridine rings is 1. The maximum atomic E-state index is 12.0. The van der Waals surface area contributed by atoms with Crippen molar-refractivity contribution < 1.29 is 14.1 Å². The molecule has 0 aliphatic heterocycles. The van der Waals surface area contributed by atoms with Crippen LogP contribution in [0.1, 0.15) is 47.5 Å². The summed E-state index contributed by atoms with van der Waals surface area (Å²) in [6.07, 6.45) is 4.17. The summed E-state index contributed by atoms with van der Waals surface area (Å²) in [5.41, 5.74) is 2.75. The highest BCUT2D eigenvalue weighted by Crippen LogP contribution is 2.39. The molecule has 104 valence electrons. The number of carbonyl (C=O) groups excluding carboxylic acids is 1. The van der Waals surface area contributed by atoms with Gasteiger partial charge in [0.1, 0.15) is 17.0 Å². The molecule has 1 aliphatic rings. The summed E-state index contributed by atoms with van der Waals surface area (Å²) >= 11 is 0. The van der Waals surface area contributed by atoms with Gasteiger partial charge in [-0.1, -0.05) is 5.16 Å². The number of ether oxygens (including phenoxy) is 1. The first-order valence-electron chi connectivity index (χ1n) is 6.80. The topological polar surface area (TPSA) is 65.2 Å². The molecule has 2 aromatic rings. The molecule has 2 aromatic heterocycles. The molecule has 0 unspecified atom stereocenters. The Balaban J connectivity index is 1.94. The molecule has 2 heterocycles. The van der Waals surface area contributed by atoms with E-state index < -0.39 is 5.97 Å². The van der Waals surface area contributed by atoms with E-state index in [-0.39, 0.29) is 0 Å². The Morgan fingerprint density at radius 2 is 2.25 bits per heavy atom. The quantitative estimate of drug-likeness (QED) is 0.800. The second kappa shape index (κ2) is 5.07. The third kappa shape index (κ3) is 2.31. The third-order valence-corrected chi connectivity index (χ3v) is 3.40. The van der Waals surface area contributed by atoms with Gasteiger partial charge in [0.25, 0.3) is 0 Å². The number of nitrogens with zero attached hydrogens (tertiary/aromatic N) is 2. The smallest absolute Gasteiger partial charge is 0.344 e. The maximum absolute atomic E-state index is 12.0. The minimum atomic E-state index is -0.410. The lowest BCUT2D eigenvalue weighted by Gasteiger charge is -2.03. The van der Waals surface area contributed by atoms with Crippen molar-refractivity contribution in [1.29, 1.82) is 0 Å². The van der Waals surface area contributed by atoms with Crippen molar-refractivity contribution in [3.05, 3.63) is 35.3 Å². The lowest BCUT2D eigenvalue weighted by molar-refractivity contribution is 0.0525. The molecule has 5 nitrogen and oxygen atoms in total. The third-order valence-electron chi connectivity index (χ3n) is 3.40. The molecule has 3 rings (SSSR count). The van der Waals surface area contributed by atoms with E-state index in [0.717, 1.165) is 11.3 Å². The molecule has 1 saturated carbocycles. The van der Waals surface area contributed by atoms with Gasteiger partial charge in [0.2, 0.25) is 0 Å². The van der Waals surface area contributed by atoms with Gasteiger partial charge >= 0.3 is 5.97 Å². The Hall–Kier alpha value is -2.17. The van der Waals surface area contributed by atoms with Crippen LogP contribution in [0.25, 0.3) is 11.3 Å². The van der Waals surface area contributed by atoms with Gasteiger partial charge in [-0.3, -0.25) is 4.98 Å². The standard InChI is InChI=1S/C15H16N2O3/c1-3-19-15(18)13-9(2)20-17-14(13)11-6-7-12(16-8-11)10-4-5-10/h6-8,10H,3-5H2,1-2H3. The van der Waals surface area contributed by atoms with E-state index in [1.165, 1.54) is 12.8 Å². The largest absolute Gasteiger partial charge is 0.462 e. The van der Waals surface area contributed by atoms with Crippen molar-refractivity contribution >= 4 is 5.97 Å². The van der Waals surface area contributed by atoms with Crippen molar-refractivity contribution in [3.63, 3.8) is 0 Å². The van der Waals surface area contributed by atoms with Crippen LogP contribution in [0.3, 0.4) is 0 Å². The van der Waals surface area contributed by atoms with Crippen LogP contribution in [-0.4, -0.2) is 22.7 Å². The summed E-state index contributed by atoms with van der Waals surface area (Å²) in [5, 5.41) is 3.96. The second-order valence-electron chi connectivity index (χ2n) is 4.93. The van der Waals surface area contributed by atoms with Gasteiger partial charge in [-0.05, 0) is 38.8 Å². The summed E-state index contributed by atoms with van der Waals surface area (Å²) < 4.78 is 10.2. The highest BCUT2D eigenvalue weighted by atomic mass is 16.5. The van der Waals surface area contributed by atoms with Crippen LogP contribution < -0.4 is 0 Å². The Labute approximate surface area is 116 Å². The van der Waals surface area contributed by atoms with E-state index in [9.17, 15) is 4.79 Å². The zero-order valence-corrected chi connectivity index (χ0v) is 11.5. The molecule has 5 heteroatoms. The van der Waals surface area contributed by atoms with Crippen LogP contribution in [-0.2, 0) is 4.74 Å². The second-order valence-corrected chi connectivity index (χ2v) is 4.93. The van der Waals surface area contributed by atoms with Gasteiger partial charge in [-0.25, -0.2) is 4.79 Å². The lowest BCUT2D eigenvalue weighted by Crippen LogP contribution is -2.06. The summed E-state index contributed by atoms with van der Waals surface area (Å²) in [5.74, 6) is 0.657. The van der Waals surface area contributed by atoms with Crippen molar-refractivity contribution in [2.24, 2.45) is 0 Å². The fraction of sp³-hybridized carbons (Fsp3) is 0.400. The summed E-state index contributed by atoms with van der Waals surface area (Å²) in [7, 11) is 0. The van der Waals surface area contributed by atoms with Crippen LogP contribution in [0, 0.1) is 6.92 Å². The van der Waals surface area contributed by atoms with Crippen LogP contribution in [0.5, 0.6) is 0 Å². The molecule has 0 amide bonds. The van der Waals surface area contributed by atoms with Gasteiger partial charge in [0.05, 0.1) is 6.61 Å². The predicted octanol–water partition coefficient (Wildman–Crippen LogP) is 3.10. The minimum Gasteiger partial charge on any atom is -0.462 e. The van der Waals surface area contributed by atoms with Crippen LogP contribution in [0.2, 0.25) is 0 Å². The number of hydrogen-bond donors (Lipinski definition) is 0. The van der Waals surface area contributed by atoms with Crippen molar-refractivity contribution in [3.8, 4) is 11.3 Å². The first kappa shape index (κ1) is 12.8.